The molecule has 5 aromatic carbocycles. The van der Waals surface area contributed by atoms with Gasteiger partial charge in [0.15, 0.2) is 0 Å². The number of nitrogens with two attached hydrogens (primary N) is 1. The van der Waals surface area contributed by atoms with Crippen LogP contribution in [-0.2, 0) is 0 Å². The largest absolute Gasteiger partial charge is 0.384 e. The summed E-state index contributed by atoms with van der Waals surface area (Å²) in [5.41, 5.74) is 14.8. The predicted molar refractivity (Wildman–Crippen MR) is 149 cm³/mol. The molecule has 0 unspecified atom stereocenters. The van der Waals surface area contributed by atoms with Gasteiger partial charge in [0.25, 0.3) is 0 Å². The van der Waals surface area contributed by atoms with Crippen molar-refractivity contribution in [3.05, 3.63) is 132 Å². The predicted octanol–water partition coefficient (Wildman–Crippen LogP) is 8.43. The first-order valence-corrected chi connectivity index (χ1v) is 12.4. The third kappa shape index (κ3) is 5.06. The topological polar surface area (TPSA) is 49.9 Å². The molecule has 0 amide bonds. The molecule has 3 N–H and O–H groups in total. The molecule has 0 heterocycles. The van der Waals surface area contributed by atoms with Crippen LogP contribution in [0.4, 0.5) is 0 Å². The molecule has 0 spiro atoms. The Balaban J connectivity index is 1.30. The van der Waals surface area contributed by atoms with Crippen molar-refractivity contribution in [2.45, 2.75) is 16.7 Å². The molecule has 5 aromatic rings. The molecular formula is C32H26N2S. The lowest BCUT2D eigenvalue weighted by molar-refractivity contribution is 1.26. The first-order chi connectivity index (χ1) is 17.1. The van der Waals surface area contributed by atoms with Crippen molar-refractivity contribution in [1.82, 2.24) is 0 Å². The second-order valence-electron chi connectivity index (χ2n) is 8.49. The van der Waals surface area contributed by atoms with Crippen LogP contribution in [-0.4, -0.2) is 5.84 Å². The summed E-state index contributed by atoms with van der Waals surface area (Å²) in [6.45, 7) is 2.02. The molecule has 0 radical (unpaired) electrons. The van der Waals surface area contributed by atoms with E-state index in [1.165, 1.54) is 33.4 Å². The van der Waals surface area contributed by atoms with Gasteiger partial charge in [-0.1, -0.05) is 115 Å². The highest BCUT2D eigenvalue weighted by molar-refractivity contribution is 7.99. The Morgan fingerprint density at radius 1 is 0.543 bits per heavy atom. The van der Waals surface area contributed by atoms with Gasteiger partial charge in [0.05, 0.1) is 0 Å². The second kappa shape index (κ2) is 10.0. The van der Waals surface area contributed by atoms with Crippen LogP contribution in [0.5, 0.6) is 0 Å². The van der Waals surface area contributed by atoms with Gasteiger partial charge in [-0.3, -0.25) is 5.41 Å². The van der Waals surface area contributed by atoms with Gasteiger partial charge in [0, 0.05) is 15.4 Å². The van der Waals surface area contributed by atoms with Crippen molar-refractivity contribution >= 4 is 17.6 Å². The summed E-state index contributed by atoms with van der Waals surface area (Å²) in [7, 11) is 0. The van der Waals surface area contributed by atoms with Gasteiger partial charge in [0.2, 0.25) is 0 Å². The average Bonchev–Trinajstić information content (AvgIpc) is 2.91. The maximum atomic E-state index is 7.76. The number of hydrogen-bond donors (Lipinski definition) is 2. The van der Waals surface area contributed by atoms with Crippen molar-refractivity contribution in [3.63, 3.8) is 0 Å². The van der Waals surface area contributed by atoms with E-state index in [1.54, 1.807) is 11.8 Å². The van der Waals surface area contributed by atoms with Crippen molar-refractivity contribution in [2.24, 2.45) is 5.73 Å². The minimum atomic E-state index is 0.107. The van der Waals surface area contributed by atoms with Crippen LogP contribution >= 0.6 is 11.8 Å². The molecule has 0 bridgehead atoms. The fourth-order valence-electron chi connectivity index (χ4n) is 4.20. The number of hydrogen-bond acceptors (Lipinski definition) is 2. The lowest BCUT2D eigenvalue weighted by Crippen LogP contribution is -2.12. The van der Waals surface area contributed by atoms with E-state index in [4.69, 9.17) is 11.1 Å². The summed E-state index contributed by atoms with van der Waals surface area (Å²) in [5, 5.41) is 7.76. The monoisotopic (exact) mass is 470 g/mol. The Morgan fingerprint density at radius 3 is 1.43 bits per heavy atom. The number of amidine groups is 1. The van der Waals surface area contributed by atoms with E-state index in [-0.39, 0.29) is 5.84 Å². The maximum Gasteiger partial charge on any atom is 0.123 e. The van der Waals surface area contributed by atoms with Crippen LogP contribution < -0.4 is 5.73 Å². The van der Waals surface area contributed by atoms with Gasteiger partial charge in [-0.15, -0.1) is 0 Å². The first-order valence-electron chi connectivity index (χ1n) is 11.6. The molecule has 0 aliphatic heterocycles. The normalized spacial score (nSPS) is 10.8. The molecule has 0 aliphatic rings. The fraction of sp³-hybridized carbons (Fsp3) is 0.0312. The maximum absolute atomic E-state index is 7.76. The molecule has 0 fully saturated rings. The third-order valence-electron chi connectivity index (χ3n) is 6.20. The Kier molecular flexibility index (Phi) is 6.51. The number of rotatable bonds is 6. The highest BCUT2D eigenvalue weighted by atomic mass is 32.2. The minimum absolute atomic E-state index is 0.107. The van der Waals surface area contributed by atoms with Gasteiger partial charge in [0.1, 0.15) is 5.84 Å². The van der Waals surface area contributed by atoms with E-state index >= 15 is 0 Å². The summed E-state index contributed by atoms with van der Waals surface area (Å²) in [6.07, 6.45) is 0. The van der Waals surface area contributed by atoms with Crippen molar-refractivity contribution in [2.75, 3.05) is 0 Å². The third-order valence-corrected chi connectivity index (χ3v) is 7.37. The van der Waals surface area contributed by atoms with Crippen molar-refractivity contribution in [1.29, 1.82) is 5.41 Å². The molecule has 0 saturated heterocycles. The van der Waals surface area contributed by atoms with E-state index < -0.39 is 0 Å². The van der Waals surface area contributed by atoms with Gasteiger partial charge >= 0.3 is 0 Å². The van der Waals surface area contributed by atoms with Crippen LogP contribution in [0.1, 0.15) is 11.1 Å². The molecule has 2 nitrogen and oxygen atoms in total. The van der Waals surface area contributed by atoms with Gasteiger partial charge in [-0.2, -0.15) is 0 Å². The zero-order valence-electron chi connectivity index (χ0n) is 19.5. The van der Waals surface area contributed by atoms with Crippen LogP contribution in [0.15, 0.2) is 131 Å². The summed E-state index contributed by atoms with van der Waals surface area (Å²) < 4.78 is 0. The quantitative estimate of drug-likeness (QED) is 0.193. The first kappa shape index (κ1) is 22.7. The summed E-state index contributed by atoms with van der Waals surface area (Å²) in [5.74, 6) is 0.107. The second-order valence-corrected chi connectivity index (χ2v) is 9.60. The highest BCUT2D eigenvalue weighted by Gasteiger charge is 2.08. The van der Waals surface area contributed by atoms with Crippen molar-refractivity contribution < 1.29 is 0 Å². The molecule has 35 heavy (non-hydrogen) atoms. The molecule has 5 rings (SSSR count). The number of benzene rings is 5. The Labute approximate surface area is 211 Å². The zero-order valence-corrected chi connectivity index (χ0v) is 20.3. The highest BCUT2D eigenvalue weighted by Crippen LogP contribution is 2.33. The van der Waals surface area contributed by atoms with Crippen LogP contribution in [0, 0.1) is 12.3 Å². The van der Waals surface area contributed by atoms with Gasteiger partial charge < -0.3 is 5.73 Å². The Bertz CT molecular complexity index is 1450. The van der Waals surface area contributed by atoms with Gasteiger partial charge in [-0.25, -0.2) is 0 Å². The molecular weight excluding hydrogens is 444 g/mol. The minimum Gasteiger partial charge on any atom is -0.384 e. The number of nitrogen functional groups attached to an aromatic ring is 1. The van der Waals surface area contributed by atoms with E-state index in [1.807, 2.05) is 25.1 Å². The van der Waals surface area contributed by atoms with E-state index in [0.29, 0.717) is 0 Å². The lowest BCUT2D eigenvalue weighted by Gasteiger charge is -2.11. The summed E-state index contributed by atoms with van der Waals surface area (Å²) in [6, 6.07) is 42.5. The van der Waals surface area contributed by atoms with Gasteiger partial charge in [-0.05, 0) is 64.1 Å². The average molecular weight is 471 g/mol. The molecule has 0 atom stereocenters. The fourth-order valence-corrected chi connectivity index (χ4v) is 5.14. The zero-order chi connectivity index (χ0) is 24.2. The SMILES string of the molecule is Cc1c(Sc2ccc(-c3ccc(-c4ccc(-c5ccccc5)cc4)cc3)cc2)cccc1C(=N)N. The van der Waals surface area contributed by atoms with Crippen LogP contribution in [0.25, 0.3) is 33.4 Å². The molecule has 0 aliphatic carbocycles. The Morgan fingerprint density at radius 2 is 0.971 bits per heavy atom. The lowest BCUT2D eigenvalue weighted by atomic mass is 9.98. The molecule has 0 aromatic heterocycles. The van der Waals surface area contributed by atoms with Crippen molar-refractivity contribution in [3.8, 4) is 33.4 Å². The smallest absolute Gasteiger partial charge is 0.123 e. The molecule has 170 valence electrons. The van der Waals surface area contributed by atoms with Crippen LogP contribution in [0.2, 0.25) is 0 Å². The Hall–Kier alpha value is -4.08. The van der Waals surface area contributed by atoms with E-state index in [0.717, 1.165) is 20.9 Å². The van der Waals surface area contributed by atoms with E-state index in [2.05, 4.69) is 103 Å². The molecule has 0 saturated carbocycles. The summed E-state index contributed by atoms with van der Waals surface area (Å²) >= 11 is 1.70. The summed E-state index contributed by atoms with van der Waals surface area (Å²) in [4.78, 5) is 2.28. The standard InChI is InChI=1S/C32H26N2S/c1-22-30(32(33)34)8-5-9-31(22)35-29-20-18-28(19-21-29)27-16-14-26(15-17-27)25-12-10-24(11-13-25)23-6-3-2-4-7-23/h2-21H,1H3,(H3,33,34). The number of nitrogens with one attached hydrogen (secondary N) is 1. The van der Waals surface area contributed by atoms with Crippen LogP contribution in [0.3, 0.4) is 0 Å². The molecule has 3 heteroatoms. The van der Waals surface area contributed by atoms with E-state index in [9.17, 15) is 0 Å².